The fourth-order valence-electron chi connectivity index (χ4n) is 2.23. The molecule has 0 aliphatic rings. The molecule has 21 heavy (non-hydrogen) atoms. The van der Waals surface area contributed by atoms with Crippen molar-refractivity contribution < 1.29 is 14.2 Å². The van der Waals surface area contributed by atoms with Crippen molar-refractivity contribution in [3.05, 3.63) is 39.0 Å². The van der Waals surface area contributed by atoms with Gasteiger partial charge in [0, 0.05) is 17.0 Å². The number of halogens is 1. The molecular weight excluding hydrogens is 310 g/mol. The molecule has 1 aromatic heterocycles. The van der Waals surface area contributed by atoms with Crippen LogP contribution in [0.25, 0.3) is 0 Å². The quantitative estimate of drug-likeness (QED) is 0.877. The van der Waals surface area contributed by atoms with E-state index in [1.165, 1.54) is 11.3 Å². The third kappa shape index (κ3) is 3.26. The fraction of sp³-hybridized carbons (Fsp3) is 0.333. The van der Waals surface area contributed by atoms with Crippen LogP contribution in [-0.4, -0.2) is 28.4 Å². The number of thiophene rings is 1. The molecule has 0 amide bonds. The van der Waals surface area contributed by atoms with Crippen molar-refractivity contribution in [2.45, 2.75) is 6.04 Å². The maximum Gasteiger partial charge on any atom is 0.131 e. The highest BCUT2D eigenvalue weighted by Crippen LogP contribution is 2.42. The average Bonchev–Trinajstić information content (AvgIpc) is 2.94. The van der Waals surface area contributed by atoms with E-state index in [1.807, 2.05) is 31.3 Å². The van der Waals surface area contributed by atoms with Crippen LogP contribution in [0, 0.1) is 0 Å². The van der Waals surface area contributed by atoms with Crippen LogP contribution < -0.4 is 19.5 Å². The second-order valence-electron chi connectivity index (χ2n) is 4.31. The standard InChI is InChI=1S/C15H18ClNO3S/c1-17-15(12-5-6-13(16)21-12)14-10(19-3)7-9(18-2)8-11(14)20-4/h5-8,15,17H,1-4H3. The summed E-state index contributed by atoms with van der Waals surface area (Å²) in [5.74, 6) is 2.09. The Kier molecular flexibility index (Phi) is 5.33. The Morgan fingerprint density at radius 1 is 1.05 bits per heavy atom. The lowest BCUT2D eigenvalue weighted by molar-refractivity contribution is 0.364. The highest BCUT2D eigenvalue weighted by molar-refractivity contribution is 7.16. The summed E-state index contributed by atoms with van der Waals surface area (Å²) in [5.41, 5.74) is 0.918. The molecule has 2 aromatic rings. The van der Waals surface area contributed by atoms with E-state index in [1.54, 1.807) is 21.3 Å². The summed E-state index contributed by atoms with van der Waals surface area (Å²) >= 11 is 7.58. The van der Waals surface area contributed by atoms with Crippen LogP contribution in [0.4, 0.5) is 0 Å². The first kappa shape index (κ1) is 15.9. The van der Waals surface area contributed by atoms with Crippen LogP contribution in [-0.2, 0) is 0 Å². The number of methoxy groups -OCH3 is 3. The Morgan fingerprint density at radius 2 is 1.67 bits per heavy atom. The van der Waals surface area contributed by atoms with E-state index in [4.69, 9.17) is 25.8 Å². The molecule has 6 heteroatoms. The summed E-state index contributed by atoms with van der Waals surface area (Å²) in [6.07, 6.45) is 0. The second kappa shape index (κ2) is 7.02. The van der Waals surface area contributed by atoms with Crippen LogP contribution >= 0.6 is 22.9 Å². The van der Waals surface area contributed by atoms with E-state index in [9.17, 15) is 0 Å². The van der Waals surface area contributed by atoms with E-state index in [0.717, 1.165) is 14.8 Å². The van der Waals surface area contributed by atoms with Crippen LogP contribution in [0.1, 0.15) is 16.5 Å². The molecule has 1 N–H and O–H groups in total. The Balaban J connectivity index is 2.58. The molecule has 1 aromatic carbocycles. The van der Waals surface area contributed by atoms with Gasteiger partial charge in [-0.2, -0.15) is 0 Å². The lowest BCUT2D eigenvalue weighted by Crippen LogP contribution is -2.18. The van der Waals surface area contributed by atoms with Crippen molar-refractivity contribution in [1.29, 1.82) is 0 Å². The van der Waals surface area contributed by atoms with Crippen molar-refractivity contribution in [1.82, 2.24) is 5.32 Å². The Bertz CT molecular complexity index is 590. The van der Waals surface area contributed by atoms with Gasteiger partial charge in [-0.05, 0) is 19.2 Å². The molecule has 0 aliphatic heterocycles. The fourth-order valence-corrected chi connectivity index (χ4v) is 3.41. The van der Waals surface area contributed by atoms with Crippen molar-refractivity contribution in [3.8, 4) is 17.2 Å². The van der Waals surface area contributed by atoms with Gasteiger partial charge in [0.2, 0.25) is 0 Å². The highest BCUT2D eigenvalue weighted by Gasteiger charge is 2.24. The summed E-state index contributed by atoms with van der Waals surface area (Å²) in [7, 11) is 6.77. The summed E-state index contributed by atoms with van der Waals surface area (Å²) in [5, 5.41) is 3.29. The monoisotopic (exact) mass is 327 g/mol. The summed E-state index contributed by atoms with van der Waals surface area (Å²) in [4.78, 5) is 1.09. The summed E-state index contributed by atoms with van der Waals surface area (Å²) in [6, 6.07) is 7.50. The first-order chi connectivity index (χ1) is 10.1. The lowest BCUT2D eigenvalue weighted by atomic mass is 10.0. The summed E-state index contributed by atoms with van der Waals surface area (Å²) in [6.45, 7) is 0. The Morgan fingerprint density at radius 3 is 2.05 bits per heavy atom. The molecule has 2 rings (SSSR count). The number of rotatable bonds is 6. The molecule has 0 bridgehead atoms. The van der Waals surface area contributed by atoms with Gasteiger partial charge >= 0.3 is 0 Å². The van der Waals surface area contributed by atoms with E-state index < -0.39 is 0 Å². The van der Waals surface area contributed by atoms with Crippen molar-refractivity contribution in [3.63, 3.8) is 0 Å². The van der Waals surface area contributed by atoms with Gasteiger partial charge in [-0.25, -0.2) is 0 Å². The normalized spacial score (nSPS) is 12.0. The third-order valence-corrected chi connectivity index (χ3v) is 4.51. The molecule has 0 spiro atoms. The maximum atomic E-state index is 6.05. The van der Waals surface area contributed by atoms with E-state index in [-0.39, 0.29) is 6.04 Å². The van der Waals surface area contributed by atoms with Gasteiger partial charge < -0.3 is 19.5 Å². The smallest absolute Gasteiger partial charge is 0.131 e. The molecule has 0 fully saturated rings. The van der Waals surface area contributed by atoms with Crippen molar-refractivity contribution in [2.75, 3.05) is 28.4 Å². The molecule has 4 nitrogen and oxygen atoms in total. The molecule has 0 aliphatic carbocycles. The van der Waals surface area contributed by atoms with Gasteiger partial charge in [-0.1, -0.05) is 11.6 Å². The molecule has 1 unspecified atom stereocenters. The molecule has 0 saturated carbocycles. The maximum absolute atomic E-state index is 6.05. The van der Waals surface area contributed by atoms with Gasteiger partial charge in [-0.3, -0.25) is 0 Å². The molecule has 114 valence electrons. The minimum Gasteiger partial charge on any atom is -0.496 e. The Hall–Kier alpha value is -1.43. The first-order valence-electron chi connectivity index (χ1n) is 6.37. The third-order valence-electron chi connectivity index (χ3n) is 3.21. The van der Waals surface area contributed by atoms with Crippen LogP contribution in [0.5, 0.6) is 17.2 Å². The van der Waals surface area contributed by atoms with Crippen molar-refractivity contribution in [2.24, 2.45) is 0 Å². The number of hydrogen-bond donors (Lipinski definition) is 1. The zero-order valence-corrected chi connectivity index (χ0v) is 14.0. The second-order valence-corrected chi connectivity index (χ2v) is 6.06. The Labute approximate surface area is 133 Å². The van der Waals surface area contributed by atoms with Crippen molar-refractivity contribution >= 4 is 22.9 Å². The van der Waals surface area contributed by atoms with Gasteiger partial charge in [0.1, 0.15) is 17.2 Å². The predicted molar refractivity (Wildman–Crippen MR) is 86.3 cm³/mol. The molecule has 1 heterocycles. The SMILES string of the molecule is CNC(c1ccc(Cl)s1)c1c(OC)cc(OC)cc1OC. The molecule has 0 saturated heterocycles. The number of nitrogens with one attached hydrogen (secondary N) is 1. The highest BCUT2D eigenvalue weighted by atomic mass is 35.5. The minimum atomic E-state index is -0.0710. The number of ether oxygens (including phenoxy) is 3. The average molecular weight is 328 g/mol. The summed E-state index contributed by atoms with van der Waals surface area (Å²) < 4.78 is 17.1. The lowest BCUT2D eigenvalue weighted by Gasteiger charge is -2.22. The molecule has 0 radical (unpaired) electrons. The van der Waals surface area contributed by atoms with Gasteiger partial charge in [-0.15, -0.1) is 11.3 Å². The predicted octanol–water partition coefficient (Wildman–Crippen LogP) is 3.74. The first-order valence-corrected chi connectivity index (χ1v) is 7.56. The van der Waals surface area contributed by atoms with E-state index in [0.29, 0.717) is 17.2 Å². The number of benzene rings is 1. The topological polar surface area (TPSA) is 39.7 Å². The molecular formula is C15H18ClNO3S. The van der Waals surface area contributed by atoms with Gasteiger partial charge in [0.25, 0.3) is 0 Å². The minimum absolute atomic E-state index is 0.0710. The largest absolute Gasteiger partial charge is 0.496 e. The van der Waals surface area contributed by atoms with Crippen LogP contribution in [0.15, 0.2) is 24.3 Å². The van der Waals surface area contributed by atoms with Crippen LogP contribution in [0.3, 0.4) is 0 Å². The van der Waals surface area contributed by atoms with Gasteiger partial charge in [0.15, 0.2) is 0 Å². The van der Waals surface area contributed by atoms with Crippen LogP contribution in [0.2, 0.25) is 4.34 Å². The number of hydrogen-bond acceptors (Lipinski definition) is 5. The zero-order valence-electron chi connectivity index (χ0n) is 12.4. The molecule has 1 atom stereocenters. The van der Waals surface area contributed by atoms with E-state index in [2.05, 4.69) is 5.32 Å². The van der Waals surface area contributed by atoms with Gasteiger partial charge in [0.05, 0.1) is 37.3 Å². The van der Waals surface area contributed by atoms with E-state index >= 15 is 0 Å². The zero-order chi connectivity index (χ0) is 15.4.